The predicted molar refractivity (Wildman–Crippen MR) is 31.7 cm³/mol. The van der Waals surface area contributed by atoms with E-state index in [2.05, 4.69) is 24.2 Å². The minimum absolute atomic E-state index is 1.00. The summed E-state index contributed by atoms with van der Waals surface area (Å²) in [7, 11) is 0. The van der Waals surface area contributed by atoms with Crippen LogP contribution in [0, 0.1) is 12.0 Å². The molecule has 0 radical (unpaired) electrons. The minimum Gasteiger partial charge on any atom is -0.346 e. The van der Waals surface area contributed by atoms with Gasteiger partial charge in [-0.2, -0.15) is 0 Å². The van der Waals surface area contributed by atoms with Crippen LogP contribution >= 0.6 is 0 Å². The Hall–Kier alpha value is -0.640. The van der Waals surface area contributed by atoms with Crippen LogP contribution < -0.4 is 5.32 Å². The molecule has 0 heterocycles. The molecule has 0 aliphatic heterocycles. The SMILES string of the molecule is CC#CNCCC. The zero-order valence-electron chi connectivity index (χ0n) is 4.91. The third-order valence-electron chi connectivity index (χ3n) is 0.588. The Morgan fingerprint density at radius 1 is 1.57 bits per heavy atom. The second kappa shape index (κ2) is 5.36. The van der Waals surface area contributed by atoms with Crippen LogP contribution in [0.2, 0.25) is 0 Å². The Kier molecular flexibility index (Phi) is 4.87. The molecule has 1 nitrogen and oxygen atoms in total. The highest BCUT2D eigenvalue weighted by molar-refractivity contribution is 4.91. The fourth-order valence-electron chi connectivity index (χ4n) is 0.276. The van der Waals surface area contributed by atoms with Crippen molar-refractivity contribution >= 4 is 0 Å². The van der Waals surface area contributed by atoms with Crippen molar-refractivity contribution in [3.8, 4) is 12.0 Å². The minimum atomic E-state index is 1.00. The van der Waals surface area contributed by atoms with Gasteiger partial charge in [-0.3, -0.25) is 0 Å². The molecule has 0 aliphatic carbocycles. The van der Waals surface area contributed by atoms with E-state index in [9.17, 15) is 0 Å². The van der Waals surface area contributed by atoms with Crippen molar-refractivity contribution < 1.29 is 0 Å². The van der Waals surface area contributed by atoms with Gasteiger partial charge in [0.25, 0.3) is 0 Å². The summed E-state index contributed by atoms with van der Waals surface area (Å²) in [6.07, 6.45) is 1.15. The van der Waals surface area contributed by atoms with Gasteiger partial charge in [0.05, 0.1) is 0 Å². The van der Waals surface area contributed by atoms with Gasteiger partial charge in [0.2, 0.25) is 0 Å². The van der Waals surface area contributed by atoms with Gasteiger partial charge in [0.1, 0.15) is 0 Å². The monoisotopic (exact) mass is 97.1 g/mol. The largest absolute Gasteiger partial charge is 0.346 e. The highest BCUT2D eigenvalue weighted by atomic mass is 14.8. The van der Waals surface area contributed by atoms with Crippen LogP contribution in [0.4, 0.5) is 0 Å². The van der Waals surface area contributed by atoms with E-state index in [1.165, 1.54) is 0 Å². The van der Waals surface area contributed by atoms with Crippen LogP contribution in [0.1, 0.15) is 20.3 Å². The Labute approximate surface area is 45.1 Å². The van der Waals surface area contributed by atoms with E-state index in [-0.39, 0.29) is 0 Å². The third kappa shape index (κ3) is 5.36. The van der Waals surface area contributed by atoms with Crippen molar-refractivity contribution in [3.63, 3.8) is 0 Å². The second-order valence-corrected chi connectivity index (χ2v) is 1.30. The lowest BCUT2D eigenvalue weighted by atomic mass is 10.5. The molecular weight excluding hydrogens is 86.1 g/mol. The van der Waals surface area contributed by atoms with Crippen LogP contribution in [0.25, 0.3) is 0 Å². The van der Waals surface area contributed by atoms with Crippen molar-refractivity contribution in [3.05, 3.63) is 0 Å². The van der Waals surface area contributed by atoms with Gasteiger partial charge in [-0.05, 0) is 13.3 Å². The zero-order valence-corrected chi connectivity index (χ0v) is 4.91. The lowest BCUT2D eigenvalue weighted by Gasteiger charge is -1.87. The van der Waals surface area contributed by atoms with E-state index in [1.807, 2.05) is 6.92 Å². The predicted octanol–water partition coefficient (Wildman–Crippen LogP) is 0.967. The molecule has 0 aromatic carbocycles. The maximum absolute atomic E-state index is 2.92. The van der Waals surface area contributed by atoms with Crippen LogP contribution in [-0.2, 0) is 0 Å². The van der Waals surface area contributed by atoms with Crippen molar-refractivity contribution in [1.82, 2.24) is 5.32 Å². The van der Waals surface area contributed by atoms with E-state index in [0.717, 1.165) is 13.0 Å². The first-order valence-corrected chi connectivity index (χ1v) is 2.56. The van der Waals surface area contributed by atoms with E-state index in [4.69, 9.17) is 0 Å². The van der Waals surface area contributed by atoms with Crippen molar-refractivity contribution in [2.75, 3.05) is 6.54 Å². The molecule has 0 atom stereocenters. The van der Waals surface area contributed by atoms with Crippen LogP contribution in [0.15, 0.2) is 0 Å². The smallest absolute Gasteiger partial charge is 0.0227 e. The van der Waals surface area contributed by atoms with Gasteiger partial charge >= 0.3 is 0 Å². The number of rotatable bonds is 2. The van der Waals surface area contributed by atoms with E-state index in [1.54, 1.807) is 0 Å². The molecule has 0 amide bonds. The molecule has 0 aromatic heterocycles. The van der Waals surface area contributed by atoms with Gasteiger partial charge in [0, 0.05) is 12.6 Å². The molecule has 0 saturated heterocycles. The van der Waals surface area contributed by atoms with E-state index >= 15 is 0 Å². The average Bonchev–Trinajstić information content (AvgIpc) is 1.69. The topological polar surface area (TPSA) is 12.0 Å². The summed E-state index contributed by atoms with van der Waals surface area (Å²) < 4.78 is 0. The fraction of sp³-hybridized carbons (Fsp3) is 0.667. The molecule has 0 fully saturated rings. The van der Waals surface area contributed by atoms with Gasteiger partial charge in [-0.1, -0.05) is 12.8 Å². The van der Waals surface area contributed by atoms with Gasteiger partial charge < -0.3 is 5.32 Å². The molecule has 0 bridgehead atoms. The first-order chi connectivity index (χ1) is 3.41. The summed E-state index contributed by atoms with van der Waals surface area (Å²) in [6, 6.07) is 2.75. The van der Waals surface area contributed by atoms with E-state index in [0.29, 0.717) is 0 Å². The van der Waals surface area contributed by atoms with Crippen LogP contribution in [0.5, 0.6) is 0 Å². The molecule has 0 rings (SSSR count). The Morgan fingerprint density at radius 2 is 2.29 bits per heavy atom. The summed E-state index contributed by atoms with van der Waals surface area (Å²) >= 11 is 0. The number of hydrogen-bond donors (Lipinski definition) is 1. The molecule has 0 unspecified atom stereocenters. The van der Waals surface area contributed by atoms with Gasteiger partial charge in [-0.25, -0.2) is 0 Å². The lowest BCUT2D eigenvalue weighted by Crippen LogP contribution is -2.04. The van der Waals surface area contributed by atoms with Crippen molar-refractivity contribution in [2.24, 2.45) is 0 Å². The summed E-state index contributed by atoms with van der Waals surface area (Å²) in [6.45, 7) is 4.94. The number of nitrogens with one attached hydrogen (secondary N) is 1. The first-order valence-electron chi connectivity index (χ1n) is 2.56. The van der Waals surface area contributed by atoms with Gasteiger partial charge in [0.15, 0.2) is 0 Å². The zero-order chi connectivity index (χ0) is 5.54. The third-order valence-corrected chi connectivity index (χ3v) is 0.588. The molecule has 40 valence electrons. The summed E-state index contributed by atoms with van der Waals surface area (Å²) in [4.78, 5) is 0. The maximum Gasteiger partial charge on any atom is 0.0227 e. The average molecular weight is 97.2 g/mol. The second-order valence-electron chi connectivity index (χ2n) is 1.30. The molecule has 1 N–H and O–H groups in total. The highest BCUT2D eigenvalue weighted by Gasteiger charge is 1.68. The molecule has 0 aromatic rings. The van der Waals surface area contributed by atoms with Crippen LogP contribution in [0.3, 0.4) is 0 Å². The first kappa shape index (κ1) is 6.36. The van der Waals surface area contributed by atoms with Crippen molar-refractivity contribution in [1.29, 1.82) is 0 Å². The molecule has 0 aliphatic rings. The number of hydrogen-bond acceptors (Lipinski definition) is 1. The Balaban J connectivity index is 2.78. The molecule has 0 spiro atoms. The highest BCUT2D eigenvalue weighted by Crippen LogP contribution is 1.64. The Morgan fingerprint density at radius 3 is 2.71 bits per heavy atom. The summed E-state index contributed by atoms with van der Waals surface area (Å²) in [5.74, 6) is 2.74. The fourth-order valence-corrected chi connectivity index (χ4v) is 0.276. The quantitative estimate of drug-likeness (QED) is 0.307. The molecule has 7 heavy (non-hydrogen) atoms. The maximum atomic E-state index is 2.92. The molecular formula is C6H11N. The summed E-state index contributed by atoms with van der Waals surface area (Å²) in [5, 5.41) is 2.92. The van der Waals surface area contributed by atoms with E-state index < -0.39 is 0 Å². The van der Waals surface area contributed by atoms with Crippen molar-refractivity contribution in [2.45, 2.75) is 20.3 Å². The van der Waals surface area contributed by atoms with Crippen LogP contribution in [-0.4, -0.2) is 6.54 Å². The van der Waals surface area contributed by atoms with Gasteiger partial charge in [-0.15, -0.1) is 0 Å². The standard InChI is InChI=1S/C6H11N/c1-3-5-7-6-4-2/h7H,3,5H2,1-2H3. The lowest BCUT2D eigenvalue weighted by molar-refractivity contribution is 0.829. The normalized spacial score (nSPS) is 6.57. The molecule has 0 saturated carbocycles. The summed E-state index contributed by atoms with van der Waals surface area (Å²) in [5.41, 5.74) is 0. The Bertz CT molecular complexity index is 75.9. The molecule has 1 heteroatoms.